The average Bonchev–Trinajstić information content (AvgIpc) is 2.65. The number of hydrogen-bond donors (Lipinski definition) is 2. The van der Waals surface area contributed by atoms with Crippen molar-refractivity contribution in [2.45, 2.75) is 44.0 Å². The molecule has 5 heteroatoms. The van der Waals surface area contributed by atoms with Crippen LogP contribution in [-0.4, -0.2) is 30.2 Å². The molecule has 0 aliphatic carbocycles. The van der Waals surface area contributed by atoms with Crippen LogP contribution in [0.2, 0.25) is 0 Å². The maximum Gasteiger partial charge on any atom is 0.252 e. The van der Waals surface area contributed by atoms with Crippen LogP contribution in [0.3, 0.4) is 0 Å². The molecule has 0 fully saturated rings. The molecule has 0 aliphatic rings. The predicted octanol–water partition coefficient (Wildman–Crippen LogP) is 4.01. The minimum absolute atomic E-state index is 0.0320. The fraction of sp³-hybridized carbons (Fsp3) is 0.364. The molecule has 0 aliphatic heterocycles. The van der Waals surface area contributed by atoms with Gasteiger partial charge in [0.15, 0.2) is 0 Å². The lowest BCUT2D eigenvalue weighted by atomic mass is 9.84. The second-order valence-corrected chi connectivity index (χ2v) is 8.46. The first kappa shape index (κ1) is 21.0. The van der Waals surface area contributed by atoms with Gasteiger partial charge in [-0.15, -0.1) is 11.8 Å². The number of nitrogens with one attached hydrogen (secondary N) is 2. The van der Waals surface area contributed by atoms with Crippen LogP contribution >= 0.6 is 11.8 Å². The monoisotopic (exact) mass is 384 g/mol. The molecular formula is C22H28N2O2S. The fourth-order valence-electron chi connectivity index (χ4n) is 2.67. The Hall–Kier alpha value is -2.27. The highest BCUT2D eigenvalue weighted by atomic mass is 32.2. The van der Waals surface area contributed by atoms with Crippen molar-refractivity contribution < 1.29 is 9.59 Å². The normalized spacial score (nSPS) is 11.3. The van der Waals surface area contributed by atoms with Gasteiger partial charge in [-0.05, 0) is 31.5 Å². The number of thioether (sulfide) groups is 1. The third kappa shape index (κ3) is 6.43. The zero-order valence-corrected chi connectivity index (χ0v) is 17.2. The van der Waals surface area contributed by atoms with Gasteiger partial charge in [0.1, 0.15) is 0 Å². The molecule has 144 valence electrons. The summed E-state index contributed by atoms with van der Waals surface area (Å²) >= 11 is 1.38. The zero-order valence-electron chi connectivity index (χ0n) is 16.4. The lowest BCUT2D eigenvalue weighted by Gasteiger charge is -2.26. The van der Waals surface area contributed by atoms with Crippen LogP contribution in [0.25, 0.3) is 0 Å². The van der Waals surface area contributed by atoms with Crippen LogP contribution in [0.1, 0.15) is 43.6 Å². The van der Waals surface area contributed by atoms with E-state index in [4.69, 9.17) is 0 Å². The largest absolute Gasteiger partial charge is 0.353 e. The van der Waals surface area contributed by atoms with Crippen LogP contribution in [0, 0.1) is 0 Å². The van der Waals surface area contributed by atoms with Crippen LogP contribution < -0.4 is 10.6 Å². The predicted molar refractivity (Wildman–Crippen MR) is 112 cm³/mol. The quantitative estimate of drug-likeness (QED) is 0.676. The van der Waals surface area contributed by atoms with Gasteiger partial charge in [-0.25, -0.2) is 0 Å². The first-order valence-electron chi connectivity index (χ1n) is 9.14. The minimum Gasteiger partial charge on any atom is -0.353 e. The topological polar surface area (TPSA) is 58.2 Å². The van der Waals surface area contributed by atoms with Crippen molar-refractivity contribution in [2.24, 2.45) is 0 Å². The molecule has 2 rings (SSSR count). The molecule has 2 aromatic carbocycles. The average molecular weight is 385 g/mol. The summed E-state index contributed by atoms with van der Waals surface area (Å²) < 4.78 is 0. The summed E-state index contributed by atoms with van der Waals surface area (Å²) in [6.07, 6.45) is 0. The van der Waals surface area contributed by atoms with Crippen molar-refractivity contribution in [1.82, 2.24) is 10.6 Å². The van der Waals surface area contributed by atoms with E-state index in [9.17, 15) is 9.59 Å². The SMILES string of the molecule is CC(C)NC(=O)CSc1ccccc1C(=O)NCC(C)(C)c1ccccc1. The summed E-state index contributed by atoms with van der Waals surface area (Å²) in [5, 5.41) is 5.91. The summed E-state index contributed by atoms with van der Waals surface area (Å²) in [6, 6.07) is 17.7. The molecule has 27 heavy (non-hydrogen) atoms. The van der Waals surface area contributed by atoms with Gasteiger partial charge >= 0.3 is 0 Å². The van der Waals surface area contributed by atoms with Gasteiger partial charge < -0.3 is 10.6 Å². The minimum atomic E-state index is -0.170. The second kappa shape index (κ2) is 9.60. The zero-order chi connectivity index (χ0) is 19.9. The number of benzene rings is 2. The van der Waals surface area contributed by atoms with E-state index in [1.165, 1.54) is 17.3 Å². The lowest BCUT2D eigenvalue weighted by Crippen LogP contribution is -2.36. The summed E-state index contributed by atoms with van der Waals surface area (Å²) in [4.78, 5) is 25.4. The highest BCUT2D eigenvalue weighted by Crippen LogP contribution is 2.24. The highest BCUT2D eigenvalue weighted by molar-refractivity contribution is 8.00. The second-order valence-electron chi connectivity index (χ2n) is 7.44. The van der Waals surface area contributed by atoms with E-state index < -0.39 is 0 Å². The third-order valence-corrected chi connectivity index (χ3v) is 5.26. The Balaban J connectivity index is 2.01. The van der Waals surface area contributed by atoms with E-state index in [2.05, 4.69) is 36.6 Å². The maximum atomic E-state index is 12.7. The van der Waals surface area contributed by atoms with Gasteiger partial charge in [0.05, 0.1) is 11.3 Å². The fourth-order valence-corrected chi connectivity index (χ4v) is 3.54. The number of carbonyl (C=O) groups excluding carboxylic acids is 2. The molecule has 2 N–H and O–H groups in total. The van der Waals surface area contributed by atoms with Gasteiger partial charge in [-0.2, -0.15) is 0 Å². The van der Waals surface area contributed by atoms with E-state index in [1.54, 1.807) is 6.07 Å². The Kier molecular flexibility index (Phi) is 7.48. The molecule has 0 unspecified atom stereocenters. The first-order valence-corrected chi connectivity index (χ1v) is 10.1. The van der Waals surface area contributed by atoms with E-state index in [1.807, 2.05) is 50.2 Å². The number of rotatable bonds is 8. The number of hydrogen-bond acceptors (Lipinski definition) is 3. The van der Waals surface area contributed by atoms with Gasteiger partial charge in [-0.3, -0.25) is 9.59 Å². The Bertz CT molecular complexity index is 773. The van der Waals surface area contributed by atoms with Crippen molar-refractivity contribution in [2.75, 3.05) is 12.3 Å². The molecule has 0 spiro atoms. The van der Waals surface area contributed by atoms with Crippen LogP contribution in [0.5, 0.6) is 0 Å². The van der Waals surface area contributed by atoms with Gasteiger partial charge in [0, 0.05) is 22.9 Å². The van der Waals surface area contributed by atoms with Crippen LogP contribution in [-0.2, 0) is 10.2 Å². The van der Waals surface area contributed by atoms with Crippen LogP contribution in [0.4, 0.5) is 0 Å². The summed E-state index contributed by atoms with van der Waals surface area (Å²) in [6.45, 7) is 8.61. The number of carbonyl (C=O) groups is 2. The Labute approximate surface area is 166 Å². The smallest absolute Gasteiger partial charge is 0.252 e. The molecule has 2 amide bonds. The van der Waals surface area contributed by atoms with Crippen molar-refractivity contribution in [3.63, 3.8) is 0 Å². The van der Waals surface area contributed by atoms with Crippen molar-refractivity contribution >= 4 is 23.6 Å². The Morgan fingerprint density at radius 2 is 1.63 bits per heavy atom. The van der Waals surface area contributed by atoms with E-state index in [0.717, 1.165) is 4.90 Å². The van der Waals surface area contributed by atoms with Gasteiger partial charge in [0.25, 0.3) is 5.91 Å². The summed E-state index contributed by atoms with van der Waals surface area (Å²) in [5.74, 6) is 0.139. The first-order chi connectivity index (χ1) is 12.8. The molecule has 2 aromatic rings. The number of amides is 2. The molecule has 0 atom stereocenters. The maximum absolute atomic E-state index is 12.7. The van der Waals surface area contributed by atoms with Gasteiger partial charge in [0.2, 0.25) is 5.91 Å². The highest BCUT2D eigenvalue weighted by Gasteiger charge is 2.22. The Morgan fingerprint density at radius 1 is 1.00 bits per heavy atom. The van der Waals surface area contributed by atoms with E-state index in [-0.39, 0.29) is 29.0 Å². The molecule has 4 nitrogen and oxygen atoms in total. The van der Waals surface area contributed by atoms with Crippen molar-refractivity contribution in [1.29, 1.82) is 0 Å². The van der Waals surface area contributed by atoms with Crippen LogP contribution in [0.15, 0.2) is 59.5 Å². The van der Waals surface area contributed by atoms with Crippen molar-refractivity contribution in [3.8, 4) is 0 Å². The van der Waals surface area contributed by atoms with E-state index in [0.29, 0.717) is 12.1 Å². The van der Waals surface area contributed by atoms with E-state index >= 15 is 0 Å². The molecule has 0 radical (unpaired) electrons. The third-order valence-electron chi connectivity index (χ3n) is 4.19. The molecule has 0 saturated heterocycles. The molecular weight excluding hydrogens is 356 g/mol. The molecule has 0 aromatic heterocycles. The summed E-state index contributed by atoms with van der Waals surface area (Å²) in [7, 11) is 0. The lowest BCUT2D eigenvalue weighted by molar-refractivity contribution is -0.119. The summed E-state index contributed by atoms with van der Waals surface area (Å²) in [5.41, 5.74) is 1.61. The standard InChI is InChI=1S/C22H28N2O2S/c1-16(2)24-20(25)14-27-19-13-9-8-12-18(19)21(26)23-15-22(3,4)17-10-6-5-7-11-17/h5-13,16H,14-15H2,1-4H3,(H,23,26)(H,24,25). The van der Waals surface area contributed by atoms with Gasteiger partial charge in [-0.1, -0.05) is 56.3 Å². The molecule has 0 bridgehead atoms. The molecule has 0 heterocycles. The molecule has 0 saturated carbocycles. The van der Waals surface area contributed by atoms with Crippen molar-refractivity contribution in [3.05, 3.63) is 65.7 Å². The Morgan fingerprint density at radius 3 is 2.30 bits per heavy atom.